The molecule has 0 aromatic carbocycles. The number of carbonyl (C=O) groups excluding carboxylic acids is 3. The van der Waals surface area contributed by atoms with Crippen LogP contribution in [0.3, 0.4) is 0 Å². The predicted molar refractivity (Wildman–Crippen MR) is 330 cm³/mol. The van der Waals surface area contributed by atoms with E-state index in [0.717, 1.165) is 31.7 Å². The first kappa shape index (κ1) is 78.4. The average molecular weight is 1220 g/mol. The molecule has 0 aromatic rings. The number of ether oxygens (including phenoxy) is 5. The van der Waals surface area contributed by atoms with Crippen molar-refractivity contribution in [1.82, 2.24) is 0 Å². The van der Waals surface area contributed by atoms with Gasteiger partial charge in [0.15, 0.2) is 58.2 Å². The fraction of sp³-hybridized carbons (Fsp3) is 0.820. The Bertz CT molecular complexity index is 1640. The van der Waals surface area contributed by atoms with Crippen molar-refractivity contribution in [3.05, 3.63) is 36.5 Å². The van der Waals surface area contributed by atoms with E-state index < -0.39 is 99.7 Å². The van der Waals surface area contributed by atoms with Crippen LogP contribution in [0.15, 0.2) is 36.5 Å². The van der Waals surface area contributed by atoms with Gasteiger partial charge in [-0.3, -0.25) is 0 Å². The Hall–Kier alpha value is -0.818. The number of aliphatic hydroxyl groups is 2. The summed E-state index contributed by atoms with van der Waals surface area (Å²) in [6.45, 7) is 63.1. The van der Waals surface area contributed by atoms with Crippen LogP contribution in [0.5, 0.6) is 0 Å². The zero-order valence-corrected chi connectivity index (χ0v) is 61.0. The highest BCUT2D eigenvalue weighted by Crippen LogP contribution is 2.30. The number of unbranched alkanes of at least 4 members (excludes halogenated alkanes) is 2. The molecule has 0 aliphatic carbocycles. The number of hydrogen-bond acceptors (Lipinski definition) is 16. The lowest BCUT2D eigenvalue weighted by atomic mass is 10.3. The second-order valence-corrected chi connectivity index (χ2v) is 64.9. The number of carbonyl (C=O) groups is 3. The minimum Gasteiger partial charge on any atom is -0.462 e. The molecule has 16 nitrogen and oxygen atoms in total. The van der Waals surface area contributed by atoms with E-state index in [4.69, 9.17) is 48.4 Å². The number of aliphatic hydroxyl groups excluding tert-OH is 2. The molecule has 0 spiro atoms. The largest absolute Gasteiger partial charge is 0.469 e. The molecule has 0 saturated heterocycles. The van der Waals surface area contributed by atoms with Crippen LogP contribution in [0.2, 0.25) is 156 Å². The predicted octanol–water partition coefficient (Wildman–Crippen LogP) is 12.3. The third-order valence-corrected chi connectivity index (χ3v) is 36.7. The average Bonchev–Trinajstić information content (AvgIpc) is 3.15. The summed E-state index contributed by atoms with van der Waals surface area (Å²) >= 11 is 0. The molecule has 0 heterocycles. The molecule has 75 heavy (non-hydrogen) atoms. The molecule has 0 bridgehead atoms. The maximum absolute atomic E-state index is 11.6. The van der Waals surface area contributed by atoms with Gasteiger partial charge >= 0.3 is 35.3 Å². The maximum atomic E-state index is 11.6. The number of rotatable bonds is 37. The van der Waals surface area contributed by atoms with Crippen LogP contribution in [0, 0.1) is 0 Å². The molecule has 444 valence electrons. The molecule has 25 heteroatoms. The Morgan fingerprint density at radius 2 is 0.693 bits per heavy atom. The van der Waals surface area contributed by atoms with Crippen molar-refractivity contribution in [1.29, 1.82) is 0 Å². The standard InChI is InChI=1S/C17H38O6Si3.C17H36O5Si2.C16H38O5Si4/c1-15(2)17(19)21-14-16(18)13-20-11-10-12-26(9,22-24(3,4)5)23-25(6,7)8;1-15(2)17(19)21-14-16(18)13-20-11-9-8-10-12-24(6,7)22-23(3,4)5;1-15(2)16(17)18-13-12-14-25(19-22(3,4)5,20-23(6,7)8)21-24(9,10)11/h16,18H,1,10-14H2,2-9H3;16,18H,1,8-14H2,2-7H3;1,12-14H2,2-11H3. The first-order chi connectivity index (χ1) is 33.5. The number of hydrogen-bond donors (Lipinski definition) is 2. The smallest absolute Gasteiger partial charge is 0.462 e. The summed E-state index contributed by atoms with van der Waals surface area (Å²) in [5.41, 5.74) is 1.05. The monoisotopic (exact) mass is 1220 g/mol. The molecule has 0 fully saturated rings. The van der Waals surface area contributed by atoms with Gasteiger partial charge in [0.1, 0.15) is 25.4 Å². The van der Waals surface area contributed by atoms with Crippen molar-refractivity contribution >= 4 is 93.5 Å². The molecule has 2 N–H and O–H groups in total. The van der Waals surface area contributed by atoms with Gasteiger partial charge in [-0.1, -0.05) is 32.6 Å². The summed E-state index contributed by atoms with van der Waals surface area (Å²) < 4.78 is 64.9. The molecule has 0 amide bonds. The van der Waals surface area contributed by atoms with Crippen LogP contribution >= 0.6 is 0 Å². The third kappa shape index (κ3) is 51.1. The van der Waals surface area contributed by atoms with Crippen molar-refractivity contribution in [2.24, 2.45) is 0 Å². The molecule has 0 aliphatic rings. The summed E-state index contributed by atoms with van der Waals surface area (Å²) in [6, 6.07) is 2.72. The molecular formula is C50H112O16Si9. The van der Waals surface area contributed by atoms with Gasteiger partial charge in [-0.2, -0.15) is 0 Å². The summed E-state index contributed by atoms with van der Waals surface area (Å²) in [5, 5.41) is 19.4. The van der Waals surface area contributed by atoms with Crippen LogP contribution in [-0.2, 0) is 62.8 Å². The van der Waals surface area contributed by atoms with E-state index >= 15 is 0 Å². The summed E-state index contributed by atoms with van der Waals surface area (Å²) in [6.07, 6.45) is 3.09. The van der Waals surface area contributed by atoms with E-state index in [0.29, 0.717) is 49.0 Å². The zero-order valence-electron chi connectivity index (χ0n) is 52.0. The minimum absolute atomic E-state index is 0.0560. The van der Waals surface area contributed by atoms with Crippen molar-refractivity contribution in [3.63, 3.8) is 0 Å². The van der Waals surface area contributed by atoms with Gasteiger partial charge in [-0.25, -0.2) is 14.4 Å². The Labute approximate surface area is 467 Å². The Kier molecular flexibility index (Phi) is 37.4. The van der Waals surface area contributed by atoms with Gasteiger partial charge in [0.2, 0.25) is 0 Å². The molecule has 0 saturated carbocycles. The van der Waals surface area contributed by atoms with Crippen LogP contribution in [-0.4, -0.2) is 162 Å². The van der Waals surface area contributed by atoms with Gasteiger partial charge in [-0.05, 0) is 190 Å². The molecular weight excluding hydrogens is 1110 g/mol. The normalized spacial score (nSPS) is 13.8. The first-order valence-corrected chi connectivity index (χ1v) is 54.7. The van der Waals surface area contributed by atoms with Crippen molar-refractivity contribution in [2.45, 2.75) is 221 Å². The highest BCUT2D eigenvalue weighted by atomic mass is 28.5. The van der Waals surface area contributed by atoms with E-state index in [2.05, 4.69) is 157 Å². The highest BCUT2D eigenvalue weighted by molar-refractivity contribution is 6.90. The molecule has 0 aliphatic heterocycles. The lowest BCUT2D eigenvalue weighted by Crippen LogP contribution is -2.60. The minimum atomic E-state index is -2.83. The summed E-state index contributed by atoms with van der Waals surface area (Å²) in [4.78, 5) is 34.0. The fourth-order valence-electron chi connectivity index (χ4n) is 7.04. The van der Waals surface area contributed by atoms with Gasteiger partial charge in [0.05, 0.1) is 19.8 Å². The summed E-state index contributed by atoms with van der Waals surface area (Å²) in [5.74, 6) is -1.34. The zero-order chi connectivity index (χ0) is 59.5. The number of esters is 3. The van der Waals surface area contributed by atoms with Gasteiger partial charge in [-0.15, -0.1) is 0 Å². The maximum Gasteiger partial charge on any atom is 0.469 e. The third-order valence-electron chi connectivity index (χ3n) is 8.84. The van der Waals surface area contributed by atoms with Crippen LogP contribution in [0.25, 0.3) is 0 Å². The Morgan fingerprint density at radius 3 is 1.03 bits per heavy atom. The van der Waals surface area contributed by atoms with E-state index in [1.165, 1.54) is 6.04 Å². The lowest BCUT2D eigenvalue weighted by Gasteiger charge is -2.42. The van der Waals surface area contributed by atoms with E-state index in [1.54, 1.807) is 20.8 Å². The quantitative estimate of drug-likeness (QED) is 0.0196. The van der Waals surface area contributed by atoms with Crippen LogP contribution < -0.4 is 0 Å². The van der Waals surface area contributed by atoms with E-state index in [9.17, 15) is 24.6 Å². The van der Waals surface area contributed by atoms with Crippen molar-refractivity contribution in [2.75, 3.05) is 46.2 Å². The fourth-order valence-corrected chi connectivity index (χ4v) is 42.3. The summed E-state index contributed by atoms with van der Waals surface area (Å²) in [7, 11) is -17.0. The SMILES string of the molecule is C=C(C)C(=O)OCC(O)COCCCCC[Si](C)(C)O[Si](C)(C)C.C=C(C)C(=O)OCC(O)COCCC[Si](C)(O[Si](C)(C)C)O[Si](C)(C)C.C=C(C)C(=O)OCCC[Si](O[Si](C)(C)C)(O[Si](C)(C)C)O[Si](C)(C)C. The van der Waals surface area contributed by atoms with Crippen molar-refractivity contribution < 1.29 is 73.0 Å². The lowest BCUT2D eigenvalue weighted by molar-refractivity contribution is -0.143. The second-order valence-electron chi connectivity index (χ2n) is 26.0. The van der Waals surface area contributed by atoms with E-state index in [1.807, 2.05) is 0 Å². The Balaban J connectivity index is -0.00000104. The molecule has 0 aromatic heterocycles. The van der Waals surface area contributed by atoms with Crippen molar-refractivity contribution in [3.8, 4) is 0 Å². The van der Waals surface area contributed by atoms with Crippen LogP contribution in [0.4, 0.5) is 0 Å². The molecule has 2 unspecified atom stereocenters. The second kappa shape index (κ2) is 35.8. The molecule has 0 radical (unpaired) electrons. The van der Waals surface area contributed by atoms with Gasteiger partial charge < -0.3 is 58.6 Å². The van der Waals surface area contributed by atoms with Gasteiger partial charge in [0.25, 0.3) is 0 Å². The van der Waals surface area contributed by atoms with Crippen LogP contribution in [0.1, 0.15) is 52.9 Å². The highest BCUT2D eigenvalue weighted by Gasteiger charge is 2.49. The Morgan fingerprint density at radius 1 is 0.373 bits per heavy atom. The van der Waals surface area contributed by atoms with E-state index in [-0.39, 0.29) is 32.4 Å². The topological polar surface area (TPSA) is 193 Å². The molecule has 2 atom stereocenters. The first-order valence-electron chi connectivity index (χ1n) is 26.7. The molecule has 0 rings (SSSR count). The van der Waals surface area contributed by atoms with Gasteiger partial charge in [0, 0.05) is 36.0 Å².